The highest BCUT2D eigenvalue weighted by molar-refractivity contribution is 7.99. The number of hydrogen-bond donors (Lipinski definition) is 1. The summed E-state index contributed by atoms with van der Waals surface area (Å²) in [7, 11) is 0. The number of carbonyl (C=O) groups is 1. The molecule has 2 rings (SSSR count). The number of thioether (sulfide) groups is 1. The maximum absolute atomic E-state index is 12.6. The highest BCUT2D eigenvalue weighted by atomic mass is 32.2. The van der Waals surface area contributed by atoms with Gasteiger partial charge in [-0.2, -0.15) is 11.8 Å². The van der Waals surface area contributed by atoms with Crippen LogP contribution >= 0.6 is 11.8 Å². The van der Waals surface area contributed by atoms with Gasteiger partial charge in [-0.1, -0.05) is 0 Å². The Balaban J connectivity index is 1.93. The van der Waals surface area contributed by atoms with E-state index >= 15 is 0 Å². The third-order valence-corrected chi connectivity index (χ3v) is 5.17. The van der Waals surface area contributed by atoms with Gasteiger partial charge in [0.25, 0.3) is 0 Å². The van der Waals surface area contributed by atoms with Crippen LogP contribution in [0.4, 0.5) is 0 Å². The van der Waals surface area contributed by atoms with Crippen LogP contribution in [-0.4, -0.2) is 70.1 Å². The molecule has 2 aliphatic heterocycles. The monoisotopic (exact) mass is 286 g/mol. The fourth-order valence-electron chi connectivity index (χ4n) is 3.13. The number of hydrogen-bond acceptors (Lipinski definition) is 4. The molecule has 19 heavy (non-hydrogen) atoms. The molecule has 4 nitrogen and oxygen atoms in total. The highest BCUT2D eigenvalue weighted by Gasteiger charge is 2.34. The summed E-state index contributed by atoms with van der Waals surface area (Å²) < 4.78 is 0. The molecule has 0 spiro atoms. The minimum atomic E-state index is -0.319. The van der Waals surface area contributed by atoms with Crippen molar-refractivity contribution in [1.29, 1.82) is 0 Å². The van der Waals surface area contributed by atoms with Crippen LogP contribution in [0, 0.1) is 0 Å². The molecule has 0 aromatic rings. The second kappa shape index (κ2) is 6.95. The van der Waals surface area contributed by atoms with Crippen LogP contribution in [0.1, 0.15) is 33.1 Å². The van der Waals surface area contributed by atoms with Crippen molar-refractivity contribution in [3.8, 4) is 0 Å². The summed E-state index contributed by atoms with van der Waals surface area (Å²) in [4.78, 5) is 16.9. The van der Waals surface area contributed by atoms with Crippen LogP contribution in [-0.2, 0) is 4.79 Å². The highest BCUT2D eigenvalue weighted by Crippen LogP contribution is 2.24. The van der Waals surface area contributed by atoms with Gasteiger partial charge in [-0.05, 0) is 33.1 Å². The number of nitrogens with zero attached hydrogens (tertiary/aromatic N) is 2. The van der Waals surface area contributed by atoms with Crippen LogP contribution in [0.2, 0.25) is 0 Å². The molecule has 110 valence electrons. The van der Waals surface area contributed by atoms with Crippen molar-refractivity contribution in [2.45, 2.75) is 51.3 Å². The predicted molar refractivity (Wildman–Crippen MR) is 79.4 cm³/mol. The second-order valence-corrected chi connectivity index (χ2v) is 6.96. The smallest absolute Gasteiger partial charge is 0.239 e. The van der Waals surface area contributed by atoms with Gasteiger partial charge in [0.2, 0.25) is 5.91 Å². The third-order valence-electron chi connectivity index (χ3n) is 4.22. The number of rotatable bonds is 4. The van der Waals surface area contributed by atoms with Crippen LogP contribution in [0.3, 0.4) is 0 Å². The molecular weight excluding hydrogens is 260 g/mol. The summed E-state index contributed by atoms with van der Waals surface area (Å²) >= 11 is 1.97. The molecule has 3 atom stereocenters. The molecule has 2 saturated heterocycles. The molecule has 2 heterocycles. The molecule has 5 heteroatoms. The zero-order chi connectivity index (χ0) is 13.8. The molecule has 2 fully saturated rings. The van der Waals surface area contributed by atoms with Gasteiger partial charge in [0.15, 0.2) is 0 Å². The number of carbonyl (C=O) groups excluding carboxylic acids is 1. The lowest BCUT2D eigenvalue weighted by Gasteiger charge is -2.35. The SMILES string of the molecule is CC(O)CC1CCCN1C(=O)C(C)N1CCSCC1. The zero-order valence-corrected chi connectivity index (χ0v) is 12.9. The summed E-state index contributed by atoms with van der Waals surface area (Å²) in [6.07, 6.45) is 2.51. The van der Waals surface area contributed by atoms with Crippen LogP contribution in [0.5, 0.6) is 0 Å². The van der Waals surface area contributed by atoms with Gasteiger partial charge in [-0.15, -0.1) is 0 Å². The molecule has 0 radical (unpaired) electrons. The summed E-state index contributed by atoms with van der Waals surface area (Å²) in [5, 5.41) is 9.55. The van der Waals surface area contributed by atoms with Crippen LogP contribution < -0.4 is 0 Å². The average Bonchev–Trinajstić information content (AvgIpc) is 2.85. The minimum Gasteiger partial charge on any atom is -0.393 e. The molecule has 0 saturated carbocycles. The van der Waals surface area contributed by atoms with E-state index in [1.54, 1.807) is 0 Å². The second-order valence-electron chi connectivity index (χ2n) is 5.74. The topological polar surface area (TPSA) is 43.8 Å². The number of aliphatic hydroxyl groups excluding tert-OH is 1. The first-order chi connectivity index (χ1) is 9.09. The maximum atomic E-state index is 12.6. The van der Waals surface area contributed by atoms with Gasteiger partial charge in [0, 0.05) is 37.2 Å². The van der Waals surface area contributed by atoms with Gasteiger partial charge in [-0.3, -0.25) is 9.69 Å². The van der Waals surface area contributed by atoms with E-state index in [1.165, 1.54) is 0 Å². The molecule has 0 aromatic carbocycles. The largest absolute Gasteiger partial charge is 0.393 e. The summed E-state index contributed by atoms with van der Waals surface area (Å²) in [5.74, 6) is 2.53. The van der Waals surface area contributed by atoms with Gasteiger partial charge >= 0.3 is 0 Å². The Labute approximate surface area is 120 Å². The van der Waals surface area contributed by atoms with E-state index in [9.17, 15) is 9.90 Å². The molecule has 3 unspecified atom stereocenters. The number of likely N-dealkylation sites (tertiary alicyclic amines) is 1. The summed E-state index contributed by atoms with van der Waals surface area (Å²) in [6.45, 7) is 6.75. The average molecular weight is 286 g/mol. The van der Waals surface area contributed by atoms with Crippen LogP contribution in [0.25, 0.3) is 0 Å². The van der Waals surface area contributed by atoms with E-state index in [0.717, 1.165) is 44.0 Å². The fourth-order valence-corrected chi connectivity index (χ4v) is 4.06. The third kappa shape index (κ3) is 3.86. The van der Waals surface area contributed by atoms with Crippen molar-refractivity contribution in [2.24, 2.45) is 0 Å². The fraction of sp³-hybridized carbons (Fsp3) is 0.929. The van der Waals surface area contributed by atoms with Crippen molar-refractivity contribution in [3.63, 3.8) is 0 Å². The Morgan fingerprint density at radius 3 is 2.63 bits per heavy atom. The first-order valence-electron chi connectivity index (χ1n) is 7.40. The Bertz CT molecular complexity index is 306. The summed E-state index contributed by atoms with van der Waals surface area (Å²) in [5.41, 5.74) is 0. The lowest BCUT2D eigenvalue weighted by molar-refractivity contribution is -0.137. The lowest BCUT2D eigenvalue weighted by atomic mass is 10.1. The van der Waals surface area contributed by atoms with Gasteiger partial charge in [0.1, 0.15) is 0 Å². The first kappa shape index (κ1) is 15.1. The number of amides is 1. The molecule has 0 aliphatic carbocycles. The maximum Gasteiger partial charge on any atom is 0.239 e. The van der Waals surface area contributed by atoms with Gasteiger partial charge in [-0.25, -0.2) is 0 Å². The summed E-state index contributed by atoms with van der Waals surface area (Å²) in [6, 6.07) is 0.240. The molecule has 2 aliphatic rings. The molecule has 1 amide bonds. The van der Waals surface area contributed by atoms with Gasteiger partial charge in [0.05, 0.1) is 12.1 Å². The molecule has 0 aromatic heterocycles. The van der Waals surface area contributed by atoms with E-state index in [4.69, 9.17) is 0 Å². The Kier molecular flexibility index (Phi) is 5.54. The first-order valence-corrected chi connectivity index (χ1v) is 8.55. The zero-order valence-electron chi connectivity index (χ0n) is 12.0. The van der Waals surface area contributed by atoms with Crippen molar-refractivity contribution in [3.05, 3.63) is 0 Å². The van der Waals surface area contributed by atoms with Crippen molar-refractivity contribution in [2.75, 3.05) is 31.1 Å². The predicted octanol–water partition coefficient (Wildman–Crippen LogP) is 1.19. The van der Waals surface area contributed by atoms with Crippen molar-refractivity contribution < 1.29 is 9.90 Å². The van der Waals surface area contributed by atoms with E-state index in [-0.39, 0.29) is 24.1 Å². The quantitative estimate of drug-likeness (QED) is 0.843. The van der Waals surface area contributed by atoms with E-state index in [2.05, 4.69) is 4.90 Å². The van der Waals surface area contributed by atoms with E-state index < -0.39 is 0 Å². The molecule has 1 N–H and O–H groups in total. The van der Waals surface area contributed by atoms with E-state index in [1.807, 2.05) is 30.5 Å². The van der Waals surface area contributed by atoms with Crippen molar-refractivity contribution >= 4 is 17.7 Å². The van der Waals surface area contributed by atoms with Crippen molar-refractivity contribution in [1.82, 2.24) is 9.80 Å². The normalized spacial score (nSPS) is 28.4. The Morgan fingerprint density at radius 1 is 1.32 bits per heavy atom. The van der Waals surface area contributed by atoms with Crippen LogP contribution in [0.15, 0.2) is 0 Å². The minimum absolute atomic E-state index is 0.00417. The van der Waals surface area contributed by atoms with Gasteiger partial charge < -0.3 is 10.0 Å². The number of aliphatic hydroxyl groups is 1. The molecule has 0 bridgehead atoms. The standard InChI is InChI=1S/C14H26N2O2S/c1-11(17)10-13-4-3-5-16(13)14(18)12(2)15-6-8-19-9-7-15/h11-13,17H,3-10H2,1-2H3. The lowest BCUT2D eigenvalue weighted by Crippen LogP contribution is -2.51. The Hall–Kier alpha value is -0.260. The molecular formula is C14H26N2O2S. The Morgan fingerprint density at radius 2 is 2.00 bits per heavy atom. The van der Waals surface area contributed by atoms with E-state index in [0.29, 0.717) is 6.42 Å².